The molecule has 1 aromatic carbocycles. The Balaban J connectivity index is 2.74. The van der Waals surface area contributed by atoms with Crippen molar-refractivity contribution < 1.29 is 9.50 Å². The summed E-state index contributed by atoms with van der Waals surface area (Å²) in [5.74, 6) is -0.134. The summed E-state index contributed by atoms with van der Waals surface area (Å²) in [5, 5.41) is 12.2. The van der Waals surface area contributed by atoms with Gasteiger partial charge in [0.05, 0.1) is 16.5 Å². The van der Waals surface area contributed by atoms with Crippen molar-refractivity contribution in [1.82, 2.24) is 0 Å². The van der Waals surface area contributed by atoms with Crippen LogP contribution in [0.25, 0.3) is 0 Å². The maximum atomic E-state index is 13.4. The topological polar surface area (TPSA) is 32.3 Å². The van der Waals surface area contributed by atoms with E-state index in [9.17, 15) is 9.50 Å². The number of hydrogen-bond acceptors (Lipinski definition) is 2. The van der Waals surface area contributed by atoms with Gasteiger partial charge in [-0.15, -0.1) is 11.6 Å². The smallest absolute Gasteiger partial charge is 0.142 e. The fourth-order valence-corrected chi connectivity index (χ4v) is 1.66. The summed E-state index contributed by atoms with van der Waals surface area (Å²) in [4.78, 5) is 0. The Morgan fingerprint density at radius 2 is 2.27 bits per heavy atom. The Kier molecular flexibility index (Phi) is 4.83. The van der Waals surface area contributed by atoms with Gasteiger partial charge in [-0.05, 0) is 35.0 Å². The van der Waals surface area contributed by atoms with E-state index in [1.165, 1.54) is 0 Å². The van der Waals surface area contributed by atoms with Gasteiger partial charge in [0.1, 0.15) is 5.82 Å². The lowest BCUT2D eigenvalue weighted by Crippen LogP contribution is -2.21. The lowest BCUT2D eigenvalue weighted by Gasteiger charge is -2.13. The maximum Gasteiger partial charge on any atom is 0.142 e. The molecule has 1 atom stereocenters. The Hall–Kier alpha value is -0.320. The van der Waals surface area contributed by atoms with Crippen LogP contribution in [-0.4, -0.2) is 23.6 Å². The third kappa shape index (κ3) is 3.33. The van der Waals surface area contributed by atoms with Crippen LogP contribution in [0.1, 0.15) is 5.56 Å². The molecular weight excluding hydrogens is 284 g/mol. The Bertz CT molecular complexity index is 348. The average molecular weight is 297 g/mol. The summed E-state index contributed by atoms with van der Waals surface area (Å²) in [6.07, 6.45) is -0.627. The average Bonchev–Trinajstić information content (AvgIpc) is 2.24. The summed E-state index contributed by atoms with van der Waals surface area (Å²) in [6.45, 7) is 1.99. The quantitative estimate of drug-likeness (QED) is 0.837. The van der Waals surface area contributed by atoms with Crippen molar-refractivity contribution in [1.29, 1.82) is 0 Å². The van der Waals surface area contributed by atoms with E-state index >= 15 is 0 Å². The Morgan fingerprint density at radius 3 is 2.87 bits per heavy atom. The first-order valence-corrected chi connectivity index (χ1v) is 5.81. The lowest BCUT2D eigenvalue weighted by molar-refractivity contribution is 0.211. The molecule has 0 heterocycles. The zero-order chi connectivity index (χ0) is 11.4. The SMILES string of the molecule is Cc1c(NCC(O)CCl)ccc(Br)c1F. The number of rotatable bonds is 4. The second-order valence-corrected chi connectivity index (χ2v) is 4.39. The number of aliphatic hydroxyl groups is 1. The van der Waals surface area contributed by atoms with Gasteiger partial charge in [-0.1, -0.05) is 0 Å². The molecule has 0 spiro atoms. The summed E-state index contributed by atoms with van der Waals surface area (Å²) < 4.78 is 13.9. The highest BCUT2D eigenvalue weighted by Gasteiger charge is 2.08. The van der Waals surface area contributed by atoms with Crippen LogP contribution < -0.4 is 5.32 Å². The van der Waals surface area contributed by atoms with Gasteiger partial charge in [-0.25, -0.2) is 4.39 Å². The van der Waals surface area contributed by atoms with Crippen LogP contribution in [0.3, 0.4) is 0 Å². The van der Waals surface area contributed by atoms with Crippen LogP contribution in [0, 0.1) is 12.7 Å². The molecule has 0 radical (unpaired) electrons. The maximum absolute atomic E-state index is 13.4. The summed E-state index contributed by atoms with van der Waals surface area (Å²) >= 11 is 8.54. The predicted octanol–water partition coefficient (Wildman–Crippen LogP) is 2.91. The molecule has 1 aromatic rings. The van der Waals surface area contributed by atoms with E-state index in [2.05, 4.69) is 21.2 Å². The molecule has 0 aliphatic carbocycles. The van der Waals surface area contributed by atoms with E-state index in [1.807, 2.05) is 0 Å². The van der Waals surface area contributed by atoms with Gasteiger partial charge >= 0.3 is 0 Å². The minimum absolute atomic E-state index is 0.158. The molecule has 5 heteroatoms. The van der Waals surface area contributed by atoms with Crippen LogP contribution in [0.5, 0.6) is 0 Å². The molecule has 84 valence electrons. The molecule has 0 aliphatic heterocycles. The normalized spacial score (nSPS) is 12.6. The molecule has 0 fully saturated rings. The van der Waals surface area contributed by atoms with Crippen LogP contribution in [0.4, 0.5) is 10.1 Å². The van der Waals surface area contributed by atoms with Crippen molar-refractivity contribution in [2.24, 2.45) is 0 Å². The number of halogens is 3. The molecule has 1 rings (SSSR count). The molecule has 1 unspecified atom stereocenters. The van der Waals surface area contributed by atoms with Gasteiger partial charge < -0.3 is 10.4 Å². The standard InChI is InChI=1S/C10H12BrClFNO/c1-6-9(14-5-7(15)4-12)3-2-8(11)10(6)13/h2-3,7,14-15H,4-5H2,1H3. The van der Waals surface area contributed by atoms with Gasteiger partial charge in [-0.2, -0.15) is 0 Å². The predicted molar refractivity (Wildman–Crippen MR) is 64.1 cm³/mol. The van der Waals surface area contributed by atoms with E-state index in [0.29, 0.717) is 22.3 Å². The summed E-state index contributed by atoms with van der Waals surface area (Å²) in [5.41, 5.74) is 1.19. The first-order valence-electron chi connectivity index (χ1n) is 4.48. The van der Waals surface area contributed by atoms with Gasteiger partial charge in [0.25, 0.3) is 0 Å². The van der Waals surface area contributed by atoms with E-state index in [0.717, 1.165) is 0 Å². The summed E-state index contributed by atoms with van der Waals surface area (Å²) in [6, 6.07) is 3.38. The van der Waals surface area contributed by atoms with Crippen LogP contribution in [-0.2, 0) is 0 Å². The molecule has 0 amide bonds. The zero-order valence-corrected chi connectivity index (χ0v) is 10.6. The minimum atomic E-state index is -0.627. The number of benzene rings is 1. The molecule has 2 N–H and O–H groups in total. The number of nitrogens with one attached hydrogen (secondary N) is 1. The van der Waals surface area contributed by atoms with E-state index in [-0.39, 0.29) is 11.7 Å². The van der Waals surface area contributed by atoms with Gasteiger partial charge in [0, 0.05) is 17.8 Å². The molecule has 0 aliphatic rings. The highest BCUT2D eigenvalue weighted by Crippen LogP contribution is 2.24. The van der Waals surface area contributed by atoms with Crippen LogP contribution >= 0.6 is 27.5 Å². The third-order valence-electron chi connectivity index (χ3n) is 2.05. The van der Waals surface area contributed by atoms with Crippen molar-refractivity contribution in [3.05, 3.63) is 28.0 Å². The van der Waals surface area contributed by atoms with Crippen LogP contribution in [0.15, 0.2) is 16.6 Å². The molecule has 0 bridgehead atoms. The van der Waals surface area contributed by atoms with Crippen LogP contribution in [0.2, 0.25) is 0 Å². The lowest BCUT2D eigenvalue weighted by atomic mass is 10.2. The highest BCUT2D eigenvalue weighted by molar-refractivity contribution is 9.10. The largest absolute Gasteiger partial charge is 0.390 e. The molecule has 0 saturated heterocycles. The summed E-state index contributed by atoms with van der Waals surface area (Å²) in [7, 11) is 0. The molecule has 0 aromatic heterocycles. The van der Waals surface area contributed by atoms with Crippen molar-refractivity contribution in [3.8, 4) is 0 Å². The van der Waals surface area contributed by atoms with E-state index < -0.39 is 6.10 Å². The monoisotopic (exact) mass is 295 g/mol. The second-order valence-electron chi connectivity index (χ2n) is 3.22. The number of anilines is 1. The second kappa shape index (κ2) is 5.68. The number of hydrogen-bond donors (Lipinski definition) is 2. The fraction of sp³-hybridized carbons (Fsp3) is 0.400. The molecular formula is C10H12BrClFNO. The van der Waals surface area contributed by atoms with Gasteiger partial charge in [0.2, 0.25) is 0 Å². The molecule has 15 heavy (non-hydrogen) atoms. The Labute approximate surface area is 102 Å². The highest BCUT2D eigenvalue weighted by atomic mass is 79.9. The minimum Gasteiger partial charge on any atom is -0.390 e. The number of alkyl halides is 1. The Morgan fingerprint density at radius 1 is 1.60 bits per heavy atom. The van der Waals surface area contributed by atoms with Crippen molar-refractivity contribution in [2.45, 2.75) is 13.0 Å². The number of aliphatic hydroxyl groups excluding tert-OH is 1. The van der Waals surface area contributed by atoms with Crippen molar-refractivity contribution >= 4 is 33.2 Å². The zero-order valence-electron chi connectivity index (χ0n) is 8.23. The fourth-order valence-electron chi connectivity index (χ4n) is 1.13. The van der Waals surface area contributed by atoms with E-state index in [4.69, 9.17) is 11.6 Å². The molecule has 0 saturated carbocycles. The molecule has 2 nitrogen and oxygen atoms in total. The van der Waals surface area contributed by atoms with Crippen molar-refractivity contribution in [3.63, 3.8) is 0 Å². The first-order chi connectivity index (χ1) is 7.06. The first kappa shape index (κ1) is 12.7. The van der Waals surface area contributed by atoms with E-state index in [1.54, 1.807) is 19.1 Å². The van der Waals surface area contributed by atoms with Gasteiger partial charge in [0.15, 0.2) is 0 Å². The third-order valence-corrected chi connectivity index (χ3v) is 3.01. The van der Waals surface area contributed by atoms with Gasteiger partial charge in [-0.3, -0.25) is 0 Å². The van der Waals surface area contributed by atoms with Crippen molar-refractivity contribution in [2.75, 3.05) is 17.7 Å².